The number of benzene rings is 2. The molecule has 0 fully saturated rings. The Hall–Kier alpha value is -3.74. The Bertz CT molecular complexity index is 1020. The Morgan fingerprint density at radius 2 is 1.72 bits per heavy atom. The Balaban J connectivity index is 1.99. The van der Waals surface area contributed by atoms with Crippen LogP contribution in [0.2, 0.25) is 0 Å². The molecule has 1 aromatic heterocycles. The number of carbonyl (C=O) groups is 2. The highest BCUT2D eigenvalue weighted by atomic mass is 16.5. The van der Waals surface area contributed by atoms with Crippen molar-refractivity contribution in [2.75, 3.05) is 12.4 Å². The summed E-state index contributed by atoms with van der Waals surface area (Å²) < 4.78 is 4.76. The lowest BCUT2D eigenvalue weighted by molar-refractivity contribution is 0.0600. The zero-order chi connectivity index (χ0) is 20.8. The van der Waals surface area contributed by atoms with Crippen LogP contribution in [0.25, 0.3) is 11.4 Å². The fourth-order valence-electron chi connectivity index (χ4n) is 2.67. The van der Waals surface area contributed by atoms with Gasteiger partial charge in [-0.2, -0.15) is 0 Å². The second kappa shape index (κ2) is 8.97. The van der Waals surface area contributed by atoms with E-state index >= 15 is 0 Å². The zero-order valence-corrected chi connectivity index (χ0v) is 16.5. The van der Waals surface area contributed by atoms with Gasteiger partial charge in [0.1, 0.15) is 11.5 Å². The van der Waals surface area contributed by atoms with Crippen LogP contribution in [0.15, 0.2) is 60.7 Å². The summed E-state index contributed by atoms with van der Waals surface area (Å²) in [6.07, 6.45) is 0. The van der Waals surface area contributed by atoms with Gasteiger partial charge in [0.15, 0.2) is 5.82 Å². The zero-order valence-electron chi connectivity index (χ0n) is 16.5. The summed E-state index contributed by atoms with van der Waals surface area (Å²) in [5.74, 6) is 0.146. The summed E-state index contributed by atoms with van der Waals surface area (Å²) in [5, 5.41) is 5.99. The average molecular weight is 390 g/mol. The Morgan fingerprint density at radius 3 is 2.41 bits per heavy atom. The molecule has 7 heteroatoms. The summed E-state index contributed by atoms with van der Waals surface area (Å²) in [7, 11) is 1.33. The van der Waals surface area contributed by atoms with Crippen molar-refractivity contribution in [1.82, 2.24) is 15.3 Å². The van der Waals surface area contributed by atoms with Crippen molar-refractivity contribution in [2.45, 2.75) is 19.9 Å². The van der Waals surface area contributed by atoms with Gasteiger partial charge in [0, 0.05) is 23.4 Å². The number of ether oxygens (including phenoxy) is 1. The van der Waals surface area contributed by atoms with E-state index in [4.69, 9.17) is 4.74 Å². The summed E-state index contributed by atoms with van der Waals surface area (Å²) in [5.41, 5.74) is 2.09. The van der Waals surface area contributed by atoms with Gasteiger partial charge >= 0.3 is 5.97 Å². The molecular weight excluding hydrogens is 368 g/mol. The Morgan fingerprint density at radius 1 is 0.966 bits per heavy atom. The molecule has 148 valence electrons. The van der Waals surface area contributed by atoms with Gasteiger partial charge in [-0.25, -0.2) is 14.8 Å². The smallest absolute Gasteiger partial charge is 0.337 e. The molecule has 29 heavy (non-hydrogen) atoms. The highest BCUT2D eigenvalue weighted by Crippen LogP contribution is 2.21. The van der Waals surface area contributed by atoms with Gasteiger partial charge in [0.2, 0.25) is 0 Å². The van der Waals surface area contributed by atoms with E-state index in [0.717, 1.165) is 5.56 Å². The number of amides is 1. The first kappa shape index (κ1) is 20.0. The van der Waals surface area contributed by atoms with Crippen LogP contribution >= 0.6 is 0 Å². The number of rotatable bonds is 6. The van der Waals surface area contributed by atoms with Gasteiger partial charge in [0.05, 0.1) is 12.7 Å². The lowest BCUT2D eigenvalue weighted by Gasteiger charge is -2.12. The topological polar surface area (TPSA) is 93.2 Å². The number of methoxy groups -OCH3 is 1. The van der Waals surface area contributed by atoms with E-state index < -0.39 is 5.97 Å². The standard InChI is InChI=1S/C22H22N4O3/c1-14(2)23-21(27)18-13-19(26-20(25-18)15-8-5-4-6-9-15)24-17-11-7-10-16(12-17)22(28)29-3/h4-14H,1-3H3,(H,23,27)(H,24,25,26). The first-order valence-corrected chi connectivity index (χ1v) is 9.17. The SMILES string of the molecule is COC(=O)c1cccc(Nc2cc(C(=O)NC(C)C)nc(-c3ccccc3)n2)c1. The van der Waals surface area contributed by atoms with Gasteiger partial charge in [-0.15, -0.1) is 0 Å². The van der Waals surface area contributed by atoms with E-state index in [1.54, 1.807) is 30.3 Å². The Kier molecular flexibility index (Phi) is 6.19. The highest BCUT2D eigenvalue weighted by molar-refractivity contribution is 5.94. The van der Waals surface area contributed by atoms with Crippen LogP contribution in [-0.4, -0.2) is 35.0 Å². The molecule has 1 amide bonds. The molecule has 0 radical (unpaired) electrons. The number of hydrogen-bond acceptors (Lipinski definition) is 6. The molecule has 3 aromatic rings. The highest BCUT2D eigenvalue weighted by Gasteiger charge is 2.14. The normalized spacial score (nSPS) is 10.5. The molecule has 3 rings (SSSR count). The molecule has 2 N–H and O–H groups in total. The minimum atomic E-state index is -0.432. The third-order valence-corrected chi connectivity index (χ3v) is 3.97. The van der Waals surface area contributed by atoms with Crippen molar-refractivity contribution in [1.29, 1.82) is 0 Å². The molecular formula is C22H22N4O3. The number of anilines is 2. The van der Waals surface area contributed by atoms with Crippen LogP contribution in [0.3, 0.4) is 0 Å². The predicted octanol–water partition coefficient (Wildman–Crippen LogP) is 3.81. The third-order valence-electron chi connectivity index (χ3n) is 3.97. The van der Waals surface area contributed by atoms with Crippen molar-refractivity contribution in [2.24, 2.45) is 0 Å². The first-order chi connectivity index (χ1) is 14.0. The quantitative estimate of drug-likeness (QED) is 0.622. The molecule has 0 bridgehead atoms. The maximum atomic E-state index is 12.5. The van der Waals surface area contributed by atoms with Crippen molar-refractivity contribution in [3.05, 3.63) is 71.9 Å². The summed E-state index contributed by atoms with van der Waals surface area (Å²) in [6, 6.07) is 17.8. The van der Waals surface area contributed by atoms with Gasteiger partial charge in [-0.1, -0.05) is 36.4 Å². The van der Waals surface area contributed by atoms with Gasteiger partial charge in [-0.3, -0.25) is 4.79 Å². The number of hydrogen-bond donors (Lipinski definition) is 2. The van der Waals surface area contributed by atoms with Crippen molar-refractivity contribution in [3.8, 4) is 11.4 Å². The second-order valence-corrected chi connectivity index (χ2v) is 6.65. The molecule has 0 spiro atoms. The summed E-state index contributed by atoms with van der Waals surface area (Å²) in [6.45, 7) is 3.77. The van der Waals surface area contributed by atoms with Crippen LogP contribution in [0.4, 0.5) is 11.5 Å². The number of esters is 1. The largest absolute Gasteiger partial charge is 0.465 e. The van der Waals surface area contributed by atoms with Crippen LogP contribution < -0.4 is 10.6 Å². The molecule has 0 unspecified atom stereocenters. The van der Waals surface area contributed by atoms with Crippen LogP contribution in [0.1, 0.15) is 34.7 Å². The lowest BCUT2D eigenvalue weighted by atomic mass is 10.2. The van der Waals surface area contributed by atoms with Gasteiger partial charge in [-0.05, 0) is 32.0 Å². The number of nitrogens with one attached hydrogen (secondary N) is 2. The minimum Gasteiger partial charge on any atom is -0.465 e. The van der Waals surface area contributed by atoms with E-state index in [2.05, 4.69) is 20.6 Å². The van der Waals surface area contributed by atoms with E-state index in [0.29, 0.717) is 22.9 Å². The molecule has 0 aliphatic rings. The molecule has 1 heterocycles. The Labute approximate surface area is 169 Å². The van der Waals surface area contributed by atoms with Crippen LogP contribution in [0, 0.1) is 0 Å². The molecule has 7 nitrogen and oxygen atoms in total. The minimum absolute atomic E-state index is 0.0224. The van der Waals surface area contributed by atoms with Crippen molar-refractivity contribution >= 4 is 23.4 Å². The van der Waals surface area contributed by atoms with Crippen LogP contribution in [-0.2, 0) is 4.74 Å². The molecule has 0 atom stereocenters. The number of carbonyl (C=O) groups excluding carboxylic acids is 2. The lowest BCUT2D eigenvalue weighted by Crippen LogP contribution is -2.31. The number of aromatic nitrogens is 2. The molecule has 0 saturated carbocycles. The molecule has 0 saturated heterocycles. The van der Waals surface area contributed by atoms with E-state index in [1.807, 2.05) is 44.2 Å². The predicted molar refractivity (Wildman–Crippen MR) is 111 cm³/mol. The van der Waals surface area contributed by atoms with Crippen molar-refractivity contribution < 1.29 is 14.3 Å². The number of nitrogens with zero attached hydrogens (tertiary/aromatic N) is 2. The third kappa shape index (κ3) is 5.16. The fraction of sp³-hybridized carbons (Fsp3) is 0.182. The van der Waals surface area contributed by atoms with Gasteiger partial charge < -0.3 is 15.4 Å². The van der Waals surface area contributed by atoms with E-state index in [9.17, 15) is 9.59 Å². The summed E-state index contributed by atoms with van der Waals surface area (Å²) >= 11 is 0. The molecule has 0 aliphatic heterocycles. The molecule has 2 aromatic carbocycles. The van der Waals surface area contributed by atoms with E-state index in [-0.39, 0.29) is 17.6 Å². The van der Waals surface area contributed by atoms with E-state index in [1.165, 1.54) is 7.11 Å². The monoisotopic (exact) mass is 390 g/mol. The fourth-order valence-corrected chi connectivity index (χ4v) is 2.67. The maximum absolute atomic E-state index is 12.5. The van der Waals surface area contributed by atoms with Crippen LogP contribution in [0.5, 0.6) is 0 Å². The van der Waals surface area contributed by atoms with Crippen molar-refractivity contribution in [3.63, 3.8) is 0 Å². The first-order valence-electron chi connectivity index (χ1n) is 9.17. The average Bonchev–Trinajstić information content (AvgIpc) is 2.73. The molecule has 0 aliphatic carbocycles. The van der Waals surface area contributed by atoms with Gasteiger partial charge in [0.25, 0.3) is 5.91 Å². The summed E-state index contributed by atoms with van der Waals surface area (Å²) in [4.78, 5) is 33.3. The maximum Gasteiger partial charge on any atom is 0.337 e. The second-order valence-electron chi connectivity index (χ2n) is 6.65.